The summed E-state index contributed by atoms with van der Waals surface area (Å²) in [4.78, 5) is 24.8. The number of Topliss-reactive ketones (excluding diaryl/α,β-unsaturated/α-hetero) is 1. The summed E-state index contributed by atoms with van der Waals surface area (Å²) in [7, 11) is 0. The van der Waals surface area contributed by atoms with E-state index in [1.54, 1.807) is 0 Å². The van der Waals surface area contributed by atoms with Crippen LogP contribution < -0.4 is 0 Å². The number of esters is 1. The summed E-state index contributed by atoms with van der Waals surface area (Å²) in [6.45, 7) is 8.63. The summed E-state index contributed by atoms with van der Waals surface area (Å²) in [6, 6.07) is 0. The van der Waals surface area contributed by atoms with Crippen molar-refractivity contribution >= 4 is 11.8 Å². The number of fused-ring (bicyclic) bond motifs is 5. The maximum atomic E-state index is 13.0. The molecule has 0 aromatic heterocycles. The average Bonchev–Trinajstić information content (AvgIpc) is 3.02. The van der Waals surface area contributed by atoms with E-state index in [0.717, 1.165) is 24.2 Å². The van der Waals surface area contributed by atoms with Crippen molar-refractivity contribution in [2.45, 2.75) is 91.9 Å². The fourth-order valence-corrected chi connectivity index (χ4v) is 8.23. The van der Waals surface area contributed by atoms with Gasteiger partial charge in [0.05, 0.1) is 5.92 Å². The molecule has 4 aliphatic carbocycles. The van der Waals surface area contributed by atoms with Crippen LogP contribution in [-0.2, 0) is 14.3 Å². The Labute approximate surface area is 171 Å². The molecule has 28 heavy (non-hydrogen) atoms. The number of ketones is 1. The molecule has 0 spiro atoms. The monoisotopic (exact) mass is 388 g/mol. The van der Waals surface area contributed by atoms with E-state index in [4.69, 9.17) is 4.74 Å². The fourth-order valence-electron chi connectivity index (χ4n) is 8.23. The zero-order chi connectivity index (χ0) is 20.1. The molecule has 0 radical (unpaired) electrons. The standard InChI is InChI=1S/C25H40O3/c1-16(2)23(27)28-15-22(26)21-11-10-19-18-9-8-17-7-5-6-13-24(17,3)20(18)12-14-25(19,21)4/h16-21H,5-15H2,1-4H3/t17-,18+,19+,20+,21-,24+,25+/m1/s1. The highest BCUT2D eigenvalue weighted by Gasteiger charge is 2.60. The van der Waals surface area contributed by atoms with Crippen molar-refractivity contribution in [3.8, 4) is 0 Å². The van der Waals surface area contributed by atoms with E-state index in [2.05, 4.69) is 13.8 Å². The van der Waals surface area contributed by atoms with Crippen molar-refractivity contribution in [2.24, 2.45) is 46.3 Å². The molecule has 4 rings (SSSR count). The van der Waals surface area contributed by atoms with Gasteiger partial charge in [-0.15, -0.1) is 0 Å². The van der Waals surface area contributed by atoms with Gasteiger partial charge in [-0.05, 0) is 85.9 Å². The Kier molecular flexibility index (Phi) is 5.42. The highest BCUT2D eigenvalue weighted by atomic mass is 16.5. The topological polar surface area (TPSA) is 43.4 Å². The minimum Gasteiger partial charge on any atom is -0.457 e. The average molecular weight is 389 g/mol. The van der Waals surface area contributed by atoms with Gasteiger partial charge >= 0.3 is 5.97 Å². The lowest BCUT2D eigenvalue weighted by molar-refractivity contribution is -0.154. The maximum absolute atomic E-state index is 13.0. The third kappa shape index (κ3) is 3.16. The number of rotatable bonds is 4. The van der Waals surface area contributed by atoms with Crippen LogP contribution in [0, 0.1) is 46.3 Å². The number of hydrogen-bond donors (Lipinski definition) is 0. The van der Waals surface area contributed by atoms with Crippen LogP contribution in [0.5, 0.6) is 0 Å². The molecule has 3 heteroatoms. The van der Waals surface area contributed by atoms with Crippen molar-refractivity contribution in [1.29, 1.82) is 0 Å². The zero-order valence-corrected chi connectivity index (χ0v) is 18.5. The Morgan fingerprint density at radius 1 is 0.893 bits per heavy atom. The summed E-state index contributed by atoms with van der Waals surface area (Å²) in [6.07, 6.45) is 13.2. The summed E-state index contributed by atoms with van der Waals surface area (Å²) in [5.74, 6) is 3.18. The fraction of sp³-hybridized carbons (Fsp3) is 0.920. The molecule has 0 aromatic rings. The molecular weight excluding hydrogens is 348 g/mol. The number of carbonyl (C=O) groups excluding carboxylic acids is 2. The first-order chi connectivity index (χ1) is 13.3. The van der Waals surface area contributed by atoms with Crippen LogP contribution in [0.3, 0.4) is 0 Å². The van der Waals surface area contributed by atoms with Gasteiger partial charge in [-0.1, -0.05) is 40.5 Å². The molecule has 158 valence electrons. The van der Waals surface area contributed by atoms with E-state index in [0.29, 0.717) is 11.3 Å². The highest BCUT2D eigenvalue weighted by Crippen LogP contribution is 2.67. The molecular formula is C25H40O3. The van der Waals surface area contributed by atoms with Crippen LogP contribution in [0.1, 0.15) is 91.9 Å². The predicted molar refractivity (Wildman–Crippen MR) is 111 cm³/mol. The second-order valence-electron chi connectivity index (χ2n) is 11.3. The Morgan fingerprint density at radius 2 is 1.64 bits per heavy atom. The van der Waals surface area contributed by atoms with E-state index in [-0.39, 0.29) is 35.6 Å². The normalized spacial score (nSPS) is 45.1. The summed E-state index contributed by atoms with van der Waals surface area (Å²) in [5.41, 5.74) is 0.678. The lowest BCUT2D eigenvalue weighted by Crippen LogP contribution is -2.53. The smallest absolute Gasteiger partial charge is 0.308 e. The quantitative estimate of drug-likeness (QED) is 0.571. The molecule has 7 atom stereocenters. The van der Waals surface area contributed by atoms with E-state index in [1.807, 2.05) is 13.8 Å². The molecule has 0 unspecified atom stereocenters. The van der Waals surface area contributed by atoms with E-state index >= 15 is 0 Å². The minimum atomic E-state index is -0.250. The Balaban J connectivity index is 1.47. The lowest BCUT2D eigenvalue weighted by atomic mass is 9.45. The third-order valence-electron chi connectivity index (χ3n) is 9.80. The third-order valence-corrected chi connectivity index (χ3v) is 9.80. The van der Waals surface area contributed by atoms with Crippen LogP contribution in [0.15, 0.2) is 0 Å². The van der Waals surface area contributed by atoms with Gasteiger partial charge in [0.25, 0.3) is 0 Å². The number of hydrogen-bond acceptors (Lipinski definition) is 3. The van der Waals surface area contributed by atoms with Gasteiger partial charge in [0.15, 0.2) is 5.78 Å². The van der Waals surface area contributed by atoms with Crippen LogP contribution in [0.25, 0.3) is 0 Å². The first-order valence-corrected chi connectivity index (χ1v) is 12.0. The van der Waals surface area contributed by atoms with E-state index in [9.17, 15) is 9.59 Å². The van der Waals surface area contributed by atoms with E-state index in [1.165, 1.54) is 57.8 Å². The Bertz CT molecular complexity index is 625. The van der Waals surface area contributed by atoms with Crippen molar-refractivity contribution in [2.75, 3.05) is 6.61 Å². The van der Waals surface area contributed by atoms with Gasteiger partial charge < -0.3 is 4.74 Å². The van der Waals surface area contributed by atoms with Gasteiger partial charge in [-0.3, -0.25) is 9.59 Å². The summed E-state index contributed by atoms with van der Waals surface area (Å²) >= 11 is 0. The molecule has 0 aliphatic heterocycles. The Hall–Kier alpha value is -0.860. The first kappa shape index (κ1) is 20.4. The van der Waals surface area contributed by atoms with Crippen LogP contribution in [-0.4, -0.2) is 18.4 Å². The molecule has 0 saturated heterocycles. The van der Waals surface area contributed by atoms with Crippen molar-refractivity contribution in [3.05, 3.63) is 0 Å². The molecule has 0 bridgehead atoms. The Morgan fingerprint density at radius 3 is 2.39 bits per heavy atom. The summed E-state index contributed by atoms with van der Waals surface area (Å²) < 4.78 is 5.31. The van der Waals surface area contributed by atoms with Crippen molar-refractivity contribution < 1.29 is 14.3 Å². The highest BCUT2D eigenvalue weighted by molar-refractivity contribution is 5.85. The van der Waals surface area contributed by atoms with Crippen LogP contribution >= 0.6 is 0 Å². The van der Waals surface area contributed by atoms with Gasteiger partial charge in [0.1, 0.15) is 6.61 Å². The van der Waals surface area contributed by atoms with E-state index < -0.39 is 0 Å². The molecule has 0 amide bonds. The predicted octanol–water partition coefficient (Wildman–Crippen LogP) is 5.80. The second kappa shape index (κ2) is 7.43. The van der Waals surface area contributed by atoms with Crippen molar-refractivity contribution in [1.82, 2.24) is 0 Å². The molecule has 4 aliphatic rings. The molecule has 4 saturated carbocycles. The number of ether oxygens (including phenoxy) is 1. The van der Waals surface area contributed by atoms with Crippen LogP contribution in [0.2, 0.25) is 0 Å². The molecule has 0 N–H and O–H groups in total. The minimum absolute atomic E-state index is 0.0160. The first-order valence-electron chi connectivity index (χ1n) is 12.0. The number of carbonyl (C=O) groups is 2. The summed E-state index contributed by atoms with van der Waals surface area (Å²) in [5, 5.41) is 0. The van der Waals surface area contributed by atoms with Gasteiger partial charge in [0, 0.05) is 5.92 Å². The lowest BCUT2D eigenvalue weighted by Gasteiger charge is -2.60. The van der Waals surface area contributed by atoms with Gasteiger partial charge in [-0.2, -0.15) is 0 Å². The van der Waals surface area contributed by atoms with Gasteiger partial charge in [0.2, 0.25) is 0 Å². The van der Waals surface area contributed by atoms with Gasteiger partial charge in [-0.25, -0.2) is 0 Å². The molecule has 3 nitrogen and oxygen atoms in total. The molecule has 4 fully saturated rings. The van der Waals surface area contributed by atoms with Crippen LogP contribution in [0.4, 0.5) is 0 Å². The zero-order valence-electron chi connectivity index (χ0n) is 18.5. The second-order valence-corrected chi connectivity index (χ2v) is 11.3. The SMILES string of the molecule is CC(C)C(=O)OCC(=O)[C@H]1CC[C@H]2[C@@H]3CC[C@H]4CCCC[C@]4(C)[C@H]3CC[C@]12C. The van der Waals surface area contributed by atoms with Crippen molar-refractivity contribution in [3.63, 3.8) is 0 Å². The molecule has 0 aromatic carbocycles. The largest absolute Gasteiger partial charge is 0.457 e. The maximum Gasteiger partial charge on any atom is 0.308 e. The molecule has 0 heterocycles.